The van der Waals surface area contributed by atoms with Crippen LogP contribution < -0.4 is 10.6 Å². The summed E-state index contributed by atoms with van der Waals surface area (Å²) in [6, 6.07) is 8.39. The molecule has 2 fully saturated rings. The summed E-state index contributed by atoms with van der Waals surface area (Å²) < 4.78 is 39.9. The number of nitrogens with two attached hydrogens (primary N) is 1. The molecule has 182 valence electrons. The molecule has 1 unspecified atom stereocenters. The fraction of sp³-hybridized carbons (Fsp3) is 0.500. The molecule has 10 heteroatoms. The van der Waals surface area contributed by atoms with Gasteiger partial charge < -0.3 is 15.5 Å². The highest BCUT2D eigenvalue weighted by molar-refractivity contribution is 5.96. The first kappa shape index (κ1) is 24.0. The van der Waals surface area contributed by atoms with Gasteiger partial charge in [0.25, 0.3) is 5.91 Å². The minimum atomic E-state index is -4.59. The molecule has 0 spiro atoms. The fourth-order valence-corrected chi connectivity index (χ4v) is 4.88. The second-order valence-electron chi connectivity index (χ2n) is 8.98. The number of benzene rings is 1. The van der Waals surface area contributed by atoms with Crippen LogP contribution in [0.2, 0.25) is 0 Å². The fourth-order valence-electron chi connectivity index (χ4n) is 4.88. The Morgan fingerprint density at radius 1 is 1.00 bits per heavy atom. The van der Waals surface area contributed by atoms with Crippen LogP contribution in [-0.4, -0.2) is 53.1 Å². The molecule has 2 aromatic rings. The van der Waals surface area contributed by atoms with Gasteiger partial charge in [0, 0.05) is 26.2 Å². The van der Waals surface area contributed by atoms with Crippen molar-refractivity contribution in [2.75, 3.05) is 31.1 Å². The molecule has 1 saturated carbocycles. The van der Waals surface area contributed by atoms with E-state index in [-0.39, 0.29) is 18.7 Å². The standard InChI is InChI=1S/C24H28F3N5O2/c25-24(26,27)19-8-4-3-7-17(19)23(34)32-13-11-31(12-14-32)21-10-9-20(29-30-21)18(22(28)33)15-16-5-1-2-6-16/h3-4,7-10,16,18H,1-2,5-6,11-15H2,(H2,28,33). The number of carbonyl (C=O) groups excluding carboxylic acids is 2. The molecule has 0 bridgehead atoms. The Morgan fingerprint density at radius 2 is 1.68 bits per heavy atom. The molecule has 0 radical (unpaired) electrons. The molecule has 1 aromatic heterocycles. The Hall–Kier alpha value is -3.17. The van der Waals surface area contributed by atoms with Crippen LogP contribution in [0.25, 0.3) is 0 Å². The first-order valence-corrected chi connectivity index (χ1v) is 11.6. The number of hydrogen-bond donors (Lipinski definition) is 1. The lowest BCUT2D eigenvalue weighted by molar-refractivity contribution is -0.138. The van der Waals surface area contributed by atoms with Crippen molar-refractivity contribution >= 4 is 17.6 Å². The largest absolute Gasteiger partial charge is 0.417 e. The lowest BCUT2D eigenvalue weighted by Gasteiger charge is -2.35. The van der Waals surface area contributed by atoms with Crippen LogP contribution >= 0.6 is 0 Å². The van der Waals surface area contributed by atoms with E-state index in [1.54, 1.807) is 12.1 Å². The molecule has 2 aliphatic rings. The van der Waals surface area contributed by atoms with Crippen molar-refractivity contribution in [2.45, 2.75) is 44.2 Å². The summed E-state index contributed by atoms with van der Waals surface area (Å²) in [4.78, 5) is 28.1. The summed E-state index contributed by atoms with van der Waals surface area (Å²) in [6.07, 6.45) is 0.654. The number of anilines is 1. The van der Waals surface area contributed by atoms with Gasteiger partial charge in [-0.2, -0.15) is 18.3 Å². The molecule has 1 aromatic carbocycles. The van der Waals surface area contributed by atoms with Crippen molar-refractivity contribution in [2.24, 2.45) is 11.7 Å². The van der Waals surface area contributed by atoms with E-state index in [2.05, 4.69) is 10.2 Å². The summed E-state index contributed by atoms with van der Waals surface area (Å²) in [7, 11) is 0. The lowest BCUT2D eigenvalue weighted by Crippen LogP contribution is -2.49. The second kappa shape index (κ2) is 9.99. The smallest absolute Gasteiger partial charge is 0.369 e. The Bertz CT molecular complexity index is 1010. The van der Waals surface area contributed by atoms with Crippen LogP contribution in [0.3, 0.4) is 0 Å². The highest BCUT2D eigenvalue weighted by Crippen LogP contribution is 2.34. The third-order valence-electron chi connectivity index (χ3n) is 6.77. The molecule has 34 heavy (non-hydrogen) atoms. The average molecular weight is 476 g/mol. The number of piperazine rings is 1. The number of rotatable bonds is 6. The minimum Gasteiger partial charge on any atom is -0.369 e. The summed E-state index contributed by atoms with van der Waals surface area (Å²) in [5.74, 6) is -0.430. The van der Waals surface area contributed by atoms with Gasteiger partial charge in [-0.1, -0.05) is 37.8 Å². The zero-order valence-corrected chi connectivity index (χ0v) is 18.8. The van der Waals surface area contributed by atoms with Gasteiger partial charge in [0.15, 0.2) is 5.82 Å². The minimum absolute atomic E-state index is 0.264. The summed E-state index contributed by atoms with van der Waals surface area (Å²) in [5.41, 5.74) is 4.92. The normalized spacial score (nSPS) is 18.2. The zero-order chi connectivity index (χ0) is 24.3. The molecule has 1 aliphatic heterocycles. The second-order valence-corrected chi connectivity index (χ2v) is 8.98. The van der Waals surface area contributed by atoms with Gasteiger partial charge in [0.05, 0.1) is 22.7 Å². The number of amides is 2. The van der Waals surface area contributed by atoms with Crippen molar-refractivity contribution in [1.29, 1.82) is 0 Å². The molecule has 2 N–H and O–H groups in total. The van der Waals surface area contributed by atoms with Crippen molar-refractivity contribution in [1.82, 2.24) is 15.1 Å². The molecular formula is C24H28F3N5O2. The summed E-state index contributed by atoms with van der Waals surface area (Å²) >= 11 is 0. The summed E-state index contributed by atoms with van der Waals surface area (Å²) in [5, 5.41) is 8.53. The maximum atomic E-state index is 13.3. The first-order valence-electron chi connectivity index (χ1n) is 11.6. The maximum absolute atomic E-state index is 13.3. The highest BCUT2D eigenvalue weighted by Gasteiger charge is 2.36. The molecule has 4 rings (SSSR count). The van der Waals surface area contributed by atoms with Crippen LogP contribution in [0.5, 0.6) is 0 Å². The van der Waals surface area contributed by atoms with E-state index in [4.69, 9.17) is 5.73 Å². The van der Waals surface area contributed by atoms with Gasteiger partial charge >= 0.3 is 6.18 Å². The lowest BCUT2D eigenvalue weighted by atomic mass is 9.90. The Kier molecular flexibility index (Phi) is 7.04. The predicted octanol–water partition coefficient (Wildman–Crippen LogP) is 3.61. The van der Waals surface area contributed by atoms with Crippen LogP contribution in [0.4, 0.5) is 19.0 Å². The predicted molar refractivity (Wildman–Crippen MR) is 120 cm³/mol. The number of hydrogen-bond acceptors (Lipinski definition) is 5. The molecule has 1 aliphatic carbocycles. The zero-order valence-electron chi connectivity index (χ0n) is 18.8. The Morgan fingerprint density at radius 3 is 2.26 bits per heavy atom. The van der Waals surface area contributed by atoms with E-state index in [9.17, 15) is 22.8 Å². The molecule has 2 amide bonds. The number of halogens is 3. The van der Waals surface area contributed by atoms with Crippen LogP contribution in [0, 0.1) is 5.92 Å². The third-order valence-corrected chi connectivity index (χ3v) is 6.77. The van der Waals surface area contributed by atoms with Gasteiger partial charge in [0.1, 0.15) is 0 Å². The first-order chi connectivity index (χ1) is 16.2. The SMILES string of the molecule is NC(=O)C(CC1CCCC1)c1ccc(N2CCN(C(=O)c3ccccc3C(F)(F)F)CC2)nn1. The number of primary amides is 1. The van der Waals surface area contributed by atoms with Crippen molar-refractivity contribution in [3.8, 4) is 0 Å². The van der Waals surface area contributed by atoms with E-state index < -0.39 is 29.5 Å². The molecule has 1 saturated heterocycles. The van der Waals surface area contributed by atoms with E-state index >= 15 is 0 Å². The van der Waals surface area contributed by atoms with Gasteiger partial charge in [0.2, 0.25) is 5.91 Å². The van der Waals surface area contributed by atoms with E-state index in [1.165, 1.54) is 35.9 Å². The highest BCUT2D eigenvalue weighted by atomic mass is 19.4. The maximum Gasteiger partial charge on any atom is 0.417 e. The van der Waals surface area contributed by atoms with Crippen molar-refractivity contribution in [3.05, 3.63) is 53.2 Å². The topological polar surface area (TPSA) is 92.4 Å². The van der Waals surface area contributed by atoms with Gasteiger partial charge in [-0.25, -0.2) is 0 Å². The number of alkyl halides is 3. The third kappa shape index (κ3) is 5.31. The Labute approximate surface area is 196 Å². The average Bonchev–Trinajstić information content (AvgIpc) is 3.35. The van der Waals surface area contributed by atoms with Crippen LogP contribution in [0.15, 0.2) is 36.4 Å². The summed E-state index contributed by atoms with van der Waals surface area (Å²) in [6.45, 7) is 1.35. The van der Waals surface area contributed by atoms with Crippen LogP contribution in [-0.2, 0) is 11.0 Å². The quantitative estimate of drug-likeness (QED) is 0.689. The molecule has 7 nitrogen and oxygen atoms in total. The molecule has 2 heterocycles. The van der Waals surface area contributed by atoms with Gasteiger partial charge in [-0.3, -0.25) is 9.59 Å². The van der Waals surface area contributed by atoms with Crippen LogP contribution in [0.1, 0.15) is 59.6 Å². The van der Waals surface area contributed by atoms with E-state index in [0.717, 1.165) is 18.9 Å². The number of carbonyl (C=O) groups is 2. The number of nitrogens with zero attached hydrogens (tertiary/aromatic N) is 4. The van der Waals surface area contributed by atoms with Gasteiger partial charge in [-0.15, -0.1) is 5.10 Å². The van der Waals surface area contributed by atoms with Crippen molar-refractivity contribution < 1.29 is 22.8 Å². The number of aromatic nitrogens is 2. The molecular weight excluding hydrogens is 447 g/mol. The monoisotopic (exact) mass is 475 g/mol. The van der Waals surface area contributed by atoms with E-state index in [0.29, 0.717) is 36.9 Å². The van der Waals surface area contributed by atoms with Crippen molar-refractivity contribution in [3.63, 3.8) is 0 Å². The van der Waals surface area contributed by atoms with Gasteiger partial charge in [-0.05, 0) is 36.6 Å². The Balaban J connectivity index is 1.39. The molecule has 1 atom stereocenters. The van der Waals surface area contributed by atoms with E-state index in [1.807, 2.05) is 4.90 Å².